The summed E-state index contributed by atoms with van der Waals surface area (Å²) in [6.45, 7) is 0. The molecule has 0 unspecified atom stereocenters. The van der Waals surface area contributed by atoms with Crippen LogP contribution in [0.2, 0.25) is 5.15 Å². The maximum Gasteiger partial charge on any atom is 0.277 e. The molecule has 0 fully saturated rings. The number of rotatable bonds is 0. The molecule has 0 aromatic carbocycles. The Morgan fingerprint density at radius 2 is 2.23 bits per heavy atom. The maximum absolute atomic E-state index is 11.2. The SMILES string of the molecule is O=c1[nH]cnc2c(Br)cc(Cl)nc12. The third-order valence-corrected chi connectivity index (χ3v) is 2.32. The summed E-state index contributed by atoms with van der Waals surface area (Å²) in [6.07, 6.45) is 1.32. The first kappa shape index (κ1) is 8.65. The molecule has 0 radical (unpaired) electrons. The highest BCUT2D eigenvalue weighted by molar-refractivity contribution is 9.10. The number of hydrogen-bond acceptors (Lipinski definition) is 3. The van der Waals surface area contributed by atoms with E-state index in [0.29, 0.717) is 9.99 Å². The summed E-state index contributed by atoms with van der Waals surface area (Å²) >= 11 is 8.92. The van der Waals surface area contributed by atoms with E-state index < -0.39 is 0 Å². The molecule has 2 aromatic rings. The van der Waals surface area contributed by atoms with Crippen LogP contribution in [0.25, 0.3) is 11.0 Å². The van der Waals surface area contributed by atoms with E-state index in [-0.39, 0.29) is 16.2 Å². The summed E-state index contributed by atoms with van der Waals surface area (Å²) < 4.78 is 0.661. The first-order valence-corrected chi connectivity index (χ1v) is 4.55. The molecule has 0 aliphatic heterocycles. The quantitative estimate of drug-likeness (QED) is 0.734. The normalized spacial score (nSPS) is 10.6. The Hall–Kier alpha value is -0.940. The number of nitrogens with zero attached hydrogens (tertiary/aromatic N) is 2. The molecule has 0 saturated heterocycles. The van der Waals surface area contributed by atoms with Crippen molar-refractivity contribution in [2.45, 2.75) is 0 Å². The maximum atomic E-state index is 11.2. The lowest BCUT2D eigenvalue weighted by atomic mass is 10.4. The third kappa shape index (κ3) is 1.45. The molecule has 66 valence electrons. The minimum atomic E-state index is -0.298. The molecule has 1 N–H and O–H groups in total. The van der Waals surface area contributed by atoms with Crippen LogP contribution >= 0.6 is 27.5 Å². The molecule has 0 saturated carbocycles. The summed E-state index contributed by atoms with van der Waals surface area (Å²) in [5, 5.41) is 0.262. The van der Waals surface area contributed by atoms with Crippen LogP contribution in [0.1, 0.15) is 0 Å². The Kier molecular flexibility index (Phi) is 2.05. The van der Waals surface area contributed by atoms with Crippen molar-refractivity contribution >= 4 is 38.6 Å². The number of nitrogens with one attached hydrogen (secondary N) is 1. The minimum absolute atomic E-state index is 0.238. The largest absolute Gasteiger partial charge is 0.311 e. The van der Waals surface area contributed by atoms with E-state index in [4.69, 9.17) is 11.6 Å². The lowest BCUT2D eigenvalue weighted by molar-refractivity contribution is 1.14. The Balaban J connectivity index is 3.03. The second kappa shape index (κ2) is 3.08. The van der Waals surface area contributed by atoms with E-state index >= 15 is 0 Å². The smallest absolute Gasteiger partial charge is 0.277 e. The van der Waals surface area contributed by atoms with Gasteiger partial charge >= 0.3 is 0 Å². The van der Waals surface area contributed by atoms with Gasteiger partial charge in [0, 0.05) is 4.47 Å². The molecule has 0 bridgehead atoms. The van der Waals surface area contributed by atoms with Crippen LogP contribution < -0.4 is 5.56 Å². The highest BCUT2D eigenvalue weighted by atomic mass is 79.9. The molecule has 0 spiro atoms. The predicted octanol–water partition coefficient (Wildman–Crippen LogP) is 1.73. The van der Waals surface area contributed by atoms with Crippen molar-refractivity contribution in [2.24, 2.45) is 0 Å². The molecular formula is C7H3BrClN3O. The summed E-state index contributed by atoms with van der Waals surface area (Å²) in [5.41, 5.74) is 0.447. The van der Waals surface area contributed by atoms with Crippen molar-refractivity contribution in [2.75, 3.05) is 0 Å². The van der Waals surface area contributed by atoms with E-state index in [1.54, 1.807) is 6.07 Å². The van der Waals surface area contributed by atoms with E-state index in [9.17, 15) is 4.79 Å². The van der Waals surface area contributed by atoms with E-state index in [1.165, 1.54) is 6.33 Å². The second-order valence-corrected chi connectivity index (χ2v) is 3.60. The van der Waals surface area contributed by atoms with Gasteiger partial charge in [-0.05, 0) is 22.0 Å². The molecule has 2 heterocycles. The summed E-state index contributed by atoms with van der Waals surface area (Å²) in [6, 6.07) is 1.59. The zero-order valence-corrected chi connectivity index (χ0v) is 8.56. The number of aromatic nitrogens is 3. The Labute approximate surface area is 86.1 Å². The number of hydrogen-bond donors (Lipinski definition) is 1. The number of pyridine rings is 1. The average Bonchev–Trinajstić information content (AvgIpc) is 2.07. The number of fused-ring (bicyclic) bond motifs is 1. The zero-order chi connectivity index (χ0) is 9.42. The fraction of sp³-hybridized carbons (Fsp3) is 0. The Morgan fingerprint density at radius 3 is 3.00 bits per heavy atom. The average molecular weight is 260 g/mol. The molecule has 0 aliphatic carbocycles. The molecule has 6 heteroatoms. The van der Waals surface area contributed by atoms with Gasteiger partial charge in [0.25, 0.3) is 5.56 Å². The third-order valence-electron chi connectivity index (χ3n) is 1.52. The van der Waals surface area contributed by atoms with Crippen molar-refractivity contribution in [1.82, 2.24) is 15.0 Å². The lowest BCUT2D eigenvalue weighted by Gasteiger charge is -1.97. The van der Waals surface area contributed by atoms with Crippen molar-refractivity contribution < 1.29 is 0 Å². The predicted molar refractivity (Wildman–Crippen MR) is 52.9 cm³/mol. The van der Waals surface area contributed by atoms with Crippen LogP contribution in [-0.4, -0.2) is 15.0 Å². The summed E-state index contributed by atoms with van der Waals surface area (Å²) in [7, 11) is 0. The Bertz CT molecular complexity index is 525. The minimum Gasteiger partial charge on any atom is -0.311 e. The first-order chi connectivity index (χ1) is 6.18. The van der Waals surface area contributed by atoms with Crippen molar-refractivity contribution in [1.29, 1.82) is 0 Å². The van der Waals surface area contributed by atoms with Crippen molar-refractivity contribution in [3.05, 3.63) is 32.4 Å². The molecule has 2 aromatic heterocycles. The van der Waals surface area contributed by atoms with Crippen molar-refractivity contribution in [3.63, 3.8) is 0 Å². The molecular weight excluding hydrogens is 257 g/mol. The molecule has 0 amide bonds. The van der Waals surface area contributed by atoms with Gasteiger partial charge in [-0.3, -0.25) is 4.79 Å². The summed E-state index contributed by atoms with van der Waals surface area (Å²) in [4.78, 5) is 21.5. The van der Waals surface area contributed by atoms with E-state index in [2.05, 4.69) is 30.9 Å². The Morgan fingerprint density at radius 1 is 1.46 bits per heavy atom. The van der Waals surface area contributed by atoms with Gasteiger partial charge in [-0.15, -0.1) is 0 Å². The van der Waals surface area contributed by atoms with E-state index in [1.807, 2.05) is 0 Å². The highest BCUT2D eigenvalue weighted by Crippen LogP contribution is 2.21. The van der Waals surface area contributed by atoms with Crippen molar-refractivity contribution in [3.8, 4) is 0 Å². The van der Waals surface area contributed by atoms with Gasteiger partial charge in [0.2, 0.25) is 0 Å². The van der Waals surface area contributed by atoms with Gasteiger partial charge in [0.15, 0.2) is 5.52 Å². The van der Waals surface area contributed by atoms with Gasteiger partial charge < -0.3 is 4.98 Å². The first-order valence-electron chi connectivity index (χ1n) is 3.38. The summed E-state index contributed by atoms with van der Waals surface area (Å²) in [5.74, 6) is 0. The van der Waals surface area contributed by atoms with E-state index in [0.717, 1.165) is 0 Å². The van der Waals surface area contributed by atoms with Crippen LogP contribution in [0, 0.1) is 0 Å². The van der Waals surface area contributed by atoms with Crippen LogP contribution in [0.15, 0.2) is 21.7 Å². The molecule has 2 rings (SSSR count). The van der Waals surface area contributed by atoms with Crippen LogP contribution in [0.5, 0.6) is 0 Å². The standard InChI is InChI=1S/C7H3BrClN3O/c8-3-1-4(9)12-6-5(3)10-2-11-7(6)13/h1-2H,(H,10,11,13). The van der Waals surface area contributed by atoms with Gasteiger partial charge in [0.05, 0.1) is 6.33 Å². The zero-order valence-electron chi connectivity index (χ0n) is 6.21. The lowest BCUT2D eigenvalue weighted by Crippen LogP contribution is -2.08. The van der Waals surface area contributed by atoms with Gasteiger partial charge in [-0.1, -0.05) is 11.6 Å². The van der Waals surface area contributed by atoms with Gasteiger partial charge in [-0.25, -0.2) is 9.97 Å². The molecule has 0 aliphatic rings. The highest BCUT2D eigenvalue weighted by Gasteiger charge is 2.06. The molecule has 13 heavy (non-hydrogen) atoms. The van der Waals surface area contributed by atoms with Gasteiger partial charge in [-0.2, -0.15) is 0 Å². The topological polar surface area (TPSA) is 58.6 Å². The van der Waals surface area contributed by atoms with Crippen LogP contribution in [-0.2, 0) is 0 Å². The fourth-order valence-corrected chi connectivity index (χ4v) is 1.82. The number of H-pyrrole nitrogens is 1. The number of aromatic amines is 1. The molecule has 0 atom stereocenters. The van der Waals surface area contributed by atoms with Crippen LogP contribution in [0.3, 0.4) is 0 Å². The second-order valence-electron chi connectivity index (χ2n) is 2.36. The number of halogens is 2. The fourth-order valence-electron chi connectivity index (χ4n) is 0.983. The molecule has 4 nitrogen and oxygen atoms in total. The van der Waals surface area contributed by atoms with Gasteiger partial charge in [0.1, 0.15) is 10.7 Å². The van der Waals surface area contributed by atoms with Crippen LogP contribution in [0.4, 0.5) is 0 Å². The monoisotopic (exact) mass is 259 g/mol.